The van der Waals surface area contributed by atoms with Crippen molar-refractivity contribution in [3.05, 3.63) is 35.9 Å². The minimum Gasteiger partial charge on any atom is -0.388 e. The second kappa shape index (κ2) is 4.97. The predicted octanol–water partition coefficient (Wildman–Crippen LogP) is 0.902. The highest BCUT2D eigenvalue weighted by molar-refractivity contribution is 5.13. The summed E-state index contributed by atoms with van der Waals surface area (Å²) in [5, 5.41) is 18.0. The van der Waals surface area contributed by atoms with Crippen LogP contribution in [0.4, 0.5) is 0 Å². The summed E-state index contributed by atoms with van der Waals surface area (Å²) < 4.78 is 5.00. The van der Waals surface area contributed by atoms with Crippen molar-refractivity contribution in [2.75, 3.05) is 0 Å². The summed E-state index contributed by atoms with van der Waals surface area (Å²) in [6.07, 6.45) is -1.97. The maximum Gasteiger partial charge on any atom is 0.180 e. The van der Waals surface area contributed by atoms with Gasteiger partial charge in [-0.3, -0.25) is 0 Å². The molecule has 13 heavy (non-hydrogen) atoms. The quantitative estimate of drug-likeness (QED) is 0.680. The Morgan fingerprint density at radius 1 is 1.23 bits per heavy atom. The fourth-order valence-electron chi connectivity index (χ4n) is 0.895. The van der Waals surface area contributed by atoms with E-state index in [9.17, 15) is 0 Å². The third-order valence-electron chi connectivity index (χ3n) is 1.68. The molecule has 0 bridgehead atoms. The largest absolute Gasteiger partial charge is 0.388 e. The summed E-state index contributed by atoms with van der Waals surface area (Å²) in [5.41, 5.74) is 0.974. The summed E-state index contributed by atoms with van der Waals surface area (Å²) in [6, 6.07) is 9.50. The van der Waals surface area contributed by atoms with Gasteiger partial charge in [0, 0.05) is 0 Å². The average molecular weight is 182 g/mol. The molecule has 0 aliphatic carbocycles. The molecule has 0 aliphatic rings. The van der Waals surface area contributed by atoms with Crippen molar-refractivity contribution in [1.29, 1.82) is 0 Å². The van der Waals surface area contributed by atoms with E-state index >= 15 is 0 Å². The highest BCUT2D eigenvalue weighted by Crippen LogP contribution is 2.03. The van der Waals surface area contributed by atoms with E-state index in [-0.39, 0.29) is 0 Å². The number of hydrogen-bond acceptors (Lipinski definition) is 3. The van der Waals surface area contributed by atoms with E-state index < -0.39 is 12.4 Å². The van der Waals surface area contributed by atoms with Gasteiger partial charge in [-0.1, -0.05) is 30.3 Å². The van der Waals surface area contributed by atoms with Crippen LogP contribution in [0.25, 0.3) is 0 Å². The van der Waals surface area contributed by atoms with Crippen molar-refractivity contribution in [2.45, 2.75) is 25.9 Å². The topological polar surface area (TPSA) is 49.7 Å². The van der Waals surface area contributed by atoms with E-state index in [0.29, 0.717) is 6.61 Å². The van der Waals surface area contributed by atoms with Gasteiger partial charge in [-0.15, -0.1) is 0 Å². The Bertz CT molecular complexity index is 233. The first kappa shape index (κ1) is 10.2. The Labute approximate surface area is 77.6 Å². The fraction of sp³-hybridized carbons (Fsp3) is 0.400. The Morgan fingerprint density at radius 2 is 1.85 bits per heavy atom. The van der Waals surface area contributed by atoms with Gasteiger partial charge >= 0.3 is 0 Å². The van der Waals surface area contributed by atoms with E-state index in [1.165, 1.54) is 6.92 Å². The Kier molecular flexibility index (Phi) is 3.89. The zero-order chi connectivity index (χ0) is 9.68. The predicted molar refractivity (Wildman–Crippen MR) is 48.9 cm³/mol. The first-order valence-electron chi connectivity index (χ1n) is 4.22. The first-order valence-corrected chi connectivity index (χ1v) is 4.22. The molecule has 1 aromatic rings. The van der Waals surface area contributed by atoms with Crippen molar-refractivity contribution >= 4 is 0 Å². The van der Waals surface area contributed by atoms with E-state index in [4.69, 9.17) is 14.9 Å². The number of aliphatic hydroxyl groups is 2. The van der Waals surface area contributed by atoms with Crippen LogP contribution in [0, 0.1) is 0 Å². The highest BCUT2D eigenvalue weighted by atomic mass is 16.6. The van der Waals surface area contributed by atoms with E-state index in [1.54, 1.807) is 0 Å². The molecule has 2 atom stereocenters. The fourth-order valence-corrected chi connectivity index (χ4v) is 0.895. The van der Waals surface area contributed by atoms with Crippen LogP contribution in [0.1, 0.15) is 12.5 Å². The molecule has 1 aromatic carbocycles. The first-order chi connectivity index (χ1) is 6.20. The van der Waals surface area contributed by atoms with E-state index in [0.717, 1.165) is 5.56 Å². The molecule has 0 aliphatic heterocycles. The lowest BCUT2D eigenvalue weighted by Gasteiger charge is -2.14. The zero-order valence-electron chi connectivity index (χ0n) is 7.55. The molecule has 0 saturated carbocycles. The van der Waals surface area contributed by atoms with Crippen LogP contribution in [-0.2, 0) is 11.3 Å². The van der Waals surface area contributed by atoms with Crippen LogP contribution in [0.15, 0.2) is 30.3 Å². The minimum atomic E-state index is -1.11. The van der Waals surface area contributed by atoms with Gasteiger partial charge in [-0.05, 0) is 12.5 Å². The van der Waals surface area contributed by atoms with Gasteiger partial charge in [-0.2, -0.15) is 0 Å². The highest BCUT2D eigenvalue weighted by Gasteiger charge is 2.10. The molecule has 0 radical (unpaired) electrons. The van der Waals surface area contributed by atoms with E-state index in [2.05, 4.69) is 0 Å². The second-order valence-corrected chi connectivity index (χ2v) is 2.93. The monoisotopic (exact) mass is 182 g/mol. The molecule has 1 rings (SSSR count). The molecule has 0 saturated heterocycles. The van der Waals surface area contributed by atoms with Crippen LogP contribution in [0.2, 0.25) is 0 Å². The smallest absolute Gasteiger partial charge is 0.180 e. The van der Waals surface area contributed by atoms with Crippen LogP contribution < -0.4 is 0 Å². The molecule has 0 spiro atoms. The van der Waals surface area contributed by atoms with Crippen molar-refractivity contribution < 1.29 is 14.9 Å². The van der Waals surface area contributed by atoms with Crippen LogP contribution in [-0.4, -0.2) is 22.6 Å². The molecule has 2 unspecified atom stereocenters. The number of hydrogen-bond donors (Lipinski definition) is 2. The molecule has 0 amide bonds. The molecule has 3 nitrogen and oxygen atoms in total. The lowest BCUT2D eigenvalue weighted by Crippen LogP contribution is -2.25. The molecule has 2 N–H and O–H groups in total. The third kappa shape index (κ3) is 3.55. The summed E-state index contributed by atoms with van der Waals surface area (Å²) in [5.74, 6) is 0. The van der Waals surface area contributed by atoms with Gasteiger partial charge < -0.3 is 14.9 Å². The lowest BCUT2D eigenvalue weighted by molar-refractivity contribution is -0.162. The van der Waals surface area contributed by atoms with Gasteiger partial charge in [0.1, 0.15) is 6.10 Å². The Morgan fingerprint density at radius 3 is 2.38 bits per heavy atom. The summed E-state index contributed by atoms with van der Waals surface area (Å²) in [6.45, 7) is 1.79. The maximum absolute atomic E-state index is 9.12. The second-order valence-electron chi connectivity index (χ2n) is 2.93. The zero-order valence-corrected chi connectivity index (χ0v) is 7.55. The van der Waals surface area contributed by atoms with Crippen molar-refractivity contribution in [3.63, 3.8) is 0 Å². The van der Waals surface area contributed by atoms with Crippen molar-refractivity contribution in [2.24, 2.45) is 0 Å². The third-order valence-corrected chi connectivity index (χ3v) is 1.68. The molecule has 0 heterocycles. The number of aliphatic hydroxyl groups excluding tert-OH is 2. The molecule has 0 aromatic heterocycles. The minimum absolute atomic E-state index is 0.312. The molecule has 0 fully saturated rings. The Hall–Kier alpha value is -0.900. The van der Waals surface area contributed by atoms with Crippen molar-refractivity contribution in [1.82, 2.24) is 0 Å². The standard InChI is InChI=1S/C10H14O3/c1-8(11)10(12)13-7-9-5-3-2-4-6-9/h2-6,8,10-12H,7H2,1H3. The number of rotatable bonds is 4. The van der Waals surface area contributed by atoms with Crippen LogP contribution >= 0.6 is 0 Å². The molecular formula is C10H14O3. The van der Waals surface area contributed by atoms with Crippen LogP contribution in [0.3, 0.4) is 0 Å². The average Bonchev–Trinajstić information content (AvgIpc) is 2.15. The van der Waals surface area contributed by atoms with Crippen molar-refractivity contribution in [3.8, 4) is 0 Å². The van der Waals surface area contributed by atoms with Crippen LogP contribution in [0.5, 0.6) is 0 Å². The van der Waals surface area contributed by atoms with Gasteiger partial charge in [0.25, 0.3) is 0 Å². The summed E-state index contributed by atoms with van der Waals surface area (Å²) in [7, 11) is 0. The van der Waals surface area contributed by atoms with E-state index in [1.807, 2.05) is 30.3 Å². The van der Waals surface area contributed by atoms with Gasteiger partial charge in [0.2, 0.25) is 0 Å². The molecule has 72 valence electrons. The number of benzene rings is 1. The molecular weight excluding hydrogens is 168 g/mol. The normalized spacial score (nSPS) is 15.3. The van der Waals surface area contributed by atoms with Gasteiger partial charge in [0.15, 0.2) is 6.29 Å². The Balaban J connectivity index is 2.35. The summed E-state index contributed by atoms with van der Waals surface area (Å²) in [4.78, 5) is 0. The van der Waals surface area contributed by atoms with Gasteiger partial charge in [-0.25, -0.2) is 0 Å². The number of ether oxygens (including phenoxy) is 1. The SMILES string of the molecule is CC(O)C(O)OCc1ccccc1. The molecule has 3 heteroatoms. The lowest BCUT2D eigenvalue weighted by atomic mass is 10.2. The van der Waals surface area contributed by atoms with Gasteiger partial charge in [0.05, 0.1) is 6.61 Å². The summed E-state index contributed by atoms with van der Waals surface area (Å²) >= 11 is 0. The maximum atomic E-state index is 9.12.